The fourth-order valence-corrected chi connectivity index (χ4v) is 4.02. The summed E-state index contributed by atoms with van der Waals surface area (Å²) in [6.45, 7) is 13.5. The van der Waals surface area contributed by atoms with E-state index in [9.17, 15) is 0 Å². The van der Waals surface area contributed by atoms with Crippen molar-refractivity contribution in [1.29, 1.82) is 0 Å². The molecule has 1 aliphatic heterocycles. The first-order valence-electron chi connectivity index (χ1n) is 7.08. The highest BCUT2D eigenvalue weighted by atomic mass is 15.2. The zero-order chi connectivity index (χ0) is 12.0. The van der Waals surface area contributed by atoms with Gasteiger partial charge in [-0.05, 0) is 43.1 Å². The van der Waals surface area contributed by atoms with E-state index < -0.39 is 0 Å². The van der Waals surface area contributed by atoms with Crippen molar-refractivity contribution < 1.29 is 0 Å². The van der Waals surface area contributed by atoms with Crippen LogP contribution in [0.15, 0.2) is 0 Å². The second-order valence-corrected chi connectivity index (χ2v) is 7.66. The van der Waals surface area contributed by atoms with Gasteiger partial charge in [0.05, 0.1) is 0 Å². The summed E-state index contributed by atoms with van der Waals surface area (Å²) in [7, 11) is 0. The van der Waals surface area contributed by atoms with E-state index in [2.05, 4.69) is 39.5 Å². The minimum atomic E-state index is 0.454. The summed E-state index contributed by atoms with van der Waals surface area (Å²) in [6, 6.07) is 1.66. The van der Waals surface area contributed by atoms with Crippen molar-refractivity contribution in [3.63, 3.8) is 0 Å². The zero-order valence-corrected chi connectivity index (χ0v) is 11.8. The second-order valence-electron chi connectivity index (χ2n) is 7.66. The van der Waals surface area contributed by atoms with Gasteiger partial charge in [-0.2, -0.15) is 0 Å². The van der Waals surface area contributed by atoms with Crippen LogP contribution in [0.4, 0.5) is 0 Å². The van der Waals surface area contributed by atoms with Crippen molar-refractivity contribution >= 4 is 0 Å². The molecule has 1 heterocycles. The molecule has 1 heteroatoms. The summed E-state index contributed by atoms with van der Waals surface area (Å²) in [5.74, 6) is 0. The summed E-state index contributed by atoms with van der Waals surface area (Å²) >= 11 is 0. The molecule has 16 heavy (non-hydrogen) atoms. The predicted molar refractivity (Wildman–Crippen MR) is 70.6 cm³/mol. The number of hydrogen-bond donors (Lipinski definition) is 0. The van der Waals surface area contributed by atoms with Gasteiger partial charge in [0, 0.05) is 12.1 Å². The molecule has 94 valence electrons. The van der Waals surface area contributed by atoms with Gasteiger partial charge < -0.3 is 0 Å². The lowest BCUT2D eigenvalue weighted by Crippen LogP contribution is -2.49. The number of hydrogen-bond acceptors (Lipinski definition) is 1. The Balaban J connectivity index is 2.14. The van der Waals surface area contributed by atoms with Crippen molar-refractivity contribution in [3.8, 4) is 0 Å². The SMILES string of the molecule is CC(C)(C)C1CCCN1C1CCCC1(C)C. The Morgan fingerprint density at radius 3 is 2.25 bits per heavy atom. The number of rotatable bonds is 1. The Labute approximate surface area is 102 Å². The third kappa shape index (κ3) is 2.16. The molecule has 1 saturated carbocycles. The van der Waals surface area contributed by atoms with Crippen LogP contribution in [0.2, 0.25) is 0 Å². The molecular formula is C15H29N. The number of nitrogens with zero attached hydrogens (tertiary/aromatic N) is 1. The Kier molecular flexibility index (Phi) is 3.11. The molecule has 1 saturated heterocycles. The van der Waals surface area contributed by atoms with Crippen LogP contribution in [-0.4, -0.2) is 23.5 Å². The van der Waals surface area contributed by atoms with Gasteiger partial charge in [-0.1, -0.05) is 41.0 Å². The Morgan fingerprint density at radius 1 is 1.06 bits per heavy atom. The maximum Gasteiger partial charge on any atom is 0.0150 e. The van der Waals surface area contributed by atoms with Crippen LogP contribution in [-0.2, 0) is 0 Å². The van der Waals surface area contributed by atoms with E-state index in [1.807, 2.05) is 0 Å². The Bertz CT molecular complexity index is 249. The molecule has 0 amide bonds. The smallest absolute Gasteiger partial charge is 0.0150 e. The average molecular weight is 223 g/mol. The van der Waals surface area contributed by atoms with Gasteiger partial charge in [0.2, 0.25) is 0 Å². The van der Waals surface area contributed by atoms with Crippen molar-refractivity contribution in [1.82, 2.24) is 4.90 Å². The first-order valence-corrected chi connectivity index (χ1v) is 7.08. The van der Waals surface area contributed by atoms with Crippen LogP contribution < -0.4 is 0 Å². The van der Waals surface area contributed by atoms with Crippen LogP contribution in [0.25, 0.3) is 0 Å². The topological polar surface area (TPSA) is 3.24 Å². The van der Waals surface area contributed by atoms with Gasteiger partial charge in [0.1, 0.15) is 0 Å². The first-order chi connectivity index (χ1) is 7.32. The van der Waals surface area contributed by atoms with Crippen LogP contribution in [0.1, 0.15) is 66.7 Å². The van der Waals surface area contributed by atoms with E-state index in [-0.39, 0.29) is 0 Å². The molecule has 2 rings (SSSR count). The molecule has 0 N–H and O–H groups in total. The third-order valence-electron chi connectivity index (χ3n) is 4.89. The van der Waals surface area contributed by atoms with Gasteiger partial charge in [0.25, 0.3) is 0 Å². The molecule has 2 aliphatic rings. The van der Waals surface area contributed by atoms with E-state index in [4.69, 9.17) is 0 Å². The van der Waals surface area contributed by atoms with Crippen molar-refractivity contribution in [3.05, 3.63) is 0 Å². The summed E-state index contributed by atoms with van der Waals surface area (Å²) in [6.07, 6.45) is 7.11. The third-order valence-corrected chi connectivity index (χ3v) is 4.89. The second kappa shape index (κ2) is 4.01. The van der Waals surface area contributed by atoms with E-state index in [1.165, 1.54) is 38.6 Å². The fourth-order valence-electron chi connectivity index (χ4n) is 4.02. The van der Waals surface area contributed by atoms with Crippen molar-refractivity contribution in [2.45, 2.75) is 78.8 Å². The quantitative estimate of drug-likeness (QED) is 0.647. The predicted octanol–water partition coefficient (Wildman–Crippen LogP) is 4.08. The minimum Gasteiger partial charge on any atom is -0.296 e. The van der Waals surface area contributed by atoms with E-state index in [0.29, 0.717) is 10.8 Å². The lowest BCUT2D eigenvalue weighted by atomic mass is 9.81. The largest absolute Gasteiger partial charge is 0.296 e. The normalized spacial score (nSPS) is 35.8. The summed E-state index contributed by atoms with van der Waals surface area (Å²) < 4.78 is 0. The number of likely N-dealkylation sites (tertiary alicyclic amines) is 1. The van der Waals surface area contributed by atoms with Crippen molar-refractivity contribution in [2.75, 3.05) is 6.54 Å². The Hall–Kier alpha value is -0.0400. The summed E-state index contributed by atoms with van der Waals surface area (Å²) in [5, 5.41) is 0. The molecule has 0 radical (unpaired) electrons. The highest BCUT2D eigenvalue weighted by molar-refractivity contribution is 4.99. The lowest BCUT2D eigenvalue weighted by molar-refractivity contribution is 0.0504. The molecule has 2 fully saturated rings. The van der Waals surface area contributed by atoms with Crippen LogP contribution in [0.3, 0.4) is 0 Å². The maximum atomic E-state index is 2.85. The molecule has 0 aromatic carbocycles. The highest BCUT2D eigenvalue weighted by Crippen LogP contribution is 2.45. The summed E-state index contributed by atoms with van der Waals surface area (Å²) in [5.41, 5.74) is 1.00. The van der Waals surface area contributed by atoms with Crippen LogP contribution in [0.5, 0.6) is 0 Å². The summed E-state index contributed by atoms with van der Waals surface area (Å²) in [4.78, 5) is 2.85. The molecular weight excluding hydrogens is 194 g/mol. The van der Waals surface area contributed by atoms with Gasteiger partial charge in [-0.15, -0.1) is 0 Å². The molecule has 2 unspecified atom stereocenters. The Morgan fingerprint density at radius 2 is 1.75 bits per heavy atom. The van der Waals surface area contributed by atoms with Gasteiger partial charge >= 0.3 is 0 Å². The molecule has 1 nitrogen and oxygen atoms in total. The van der Waals surface area contributed by atoms with E-state index in [1.54, 1.807) is 0 Å². The molecule has 0 aromatic rings. The van der Waals surface area contributed by atoms with Crippen molar-refractivity contribution in [2.24, 2.45) is 10.8 Å². The lowest BCUT2D eigenvalue weighted by Gasteiger charge is -2.43. The van der Waals surface area contributed by atoms with E-state index >= 15 is 0 Å². The van der Waals surface area contributed by atoms with Gasteiger partial charge in [-0.25, -0.2) is 0 Å². The first kappa shape index (κ1) is 12.4. The molecule has 0 spiro atoms. The van der Waals surface area contributed by atoms with E-state index in [0.717, 1.165) is 12.1 Å². The zero-order valence-electron chi connectivity index (χ0n) is 11.8. The monoisotopic (exact) mass is 223 g/mol. The van der Waals surface area contributed by atoms with Crippen LogP contribution >= 0.6 is 0 Å². The maximum absolute atomic E-state index is 2.85. The average Bonchev–Trinajstić information content (AvgIpc) is 2.68. The molecule has 0 aromatic heterocycles. The van der Waals surface area contributed by atoms with Crippen LogP contribution in [0, 0.1) is 10.8 Å². The minimum absolute atomic E-state index is 0.454. The standard InChI is InChI=1S/C15H29N/c1-14(2,3)12-9-7-11-16(12)13-8-6-10-15(13,4)5/h12-13H,6-11H2,1-5H3. The molecule has 1 aliphatic carbocycles. The van der Waals surface area contributed by atoms with Gasteiger partial charge in [-0.3, -0.25) is 4.90 Å². The molecule has 2 atom stereocenters. The molecule has 0 bridgehead atoms. The fraction of sp³-hybridized carbons (Fsp3) is 1.00. The highest BCUT2D eigenvalue weighted by Gasteiger charge is 2.45. The van der Waals surface area contributed by atoms with Gasteiger partial charge in [0.15, 0.2) is 0 Å².